The van der Waals surface area contributed by atoms with E-state index in [1.165, 1.54) is 0 Å². The van der Waals surface area contributed by atoms with Crippen LogP contribution in [0, 0.1) is 11.6 Å². The van der Waals surface area contributed by atoms with E-state index in [2.05, 4.69) is 0 Å². The summed E-state index contributed by atoms with van der Waals surface area (Å²) in [6.45, 7) is 3.60. The van der Waals surface area contributed by atoms with Gasteiger partial charge in [0.2, 0.25) is 10.0 Å². The number of benzene rings is 1. The first kappa shape index (κ1) is 14.4. The van der Waals surface area contributed by atoms with Gasteiger partial charge in [-0.3, -0.25) is 0 Å². The largest absolute Gasteiger partial charge is 0.373 e. The summed E-state index contributed by atoms with van der Waals surface area (Å²) in [5.41, 5.74) is 0. The first-order valence-corrected chi connectivity index (χ1v) is 7.36. The molecule has 1 fully saturated rings. The van der Waals surface area contributed by atoms with Crippen molar-refractivity contribution >= 4 is 10.0 Å². The highest BCUT2D eigenvalue weighted by Crippen LogP contribution is 2.25. The van der Waals surface area contributed by atoms with Gasteiger partial charge in [-0.1, -0.05) is 6.07 Å². The van der Waals surface area contributed by atoms with Crippen molar-refractivity contribution in [2.24, 2.45) is 0 Å². The number of hydrogen-bond acceptors (Lipinski definition) is 3. The van der Waals surface area contributed by atoms with Gasteiger partial charge in [-0.2, -0.15) is 4.31 Å². The third-order valence-electron chi connectivity index (χ3n) is 2.90. The molecule has 7 heteroatoms. The van der Waals surface area contributed by atoms with Gasteiger partial charge in [0, 0.05) is 13.1 Å². The number of hydrogen-bond donors (Lipinski definition) is 0. The van der Waals surface area contributed by atoms with E-state index in [-0.39, 0.29) is 25.3 Å². The van der Waals surface area contributed by atoms with Crippen molar-refractivity contribution < 1.29 is 21.9 Å². The molecule has 0 N–H and O–H groups in total. The Morgan fingerprint density at radius 2 is 1.63 bits per heavy atom. The van der Waals surface area contributed by atoms with Crippen molar-refractivity contribution in [3.63, 3.8) is 0 Å². The van der Waals surface area contributed by atoms with Crippen LogP contribution in [0.1, 0.15) is 13.8 Å². The average molecular weight is 291 g/mol. The van der Waals surface area contributed by atoms with Crippen LogP contribution >= 0.6 is 0 Å². The molecule has 2 atom stereocenters. The summed E-state index contributed by atoms with van der Waals surface area (Å²) in [6, 6.07) is 3.00. The molecule has 4 nitrogen and oxygen atoms in total. The number of nitrogens with zero attached hydrogens (tertiary/aromatic N) is 1. The molecule has 1 aliphatic heterocycles. The summed E-state index contributed by atoms with van der Waals surface area (Å²) in [5.74, 6) is -2.15. The predicted octanol–water partition coefficient (Wildman–Crippen LogP) is 1.76. The van der Waals surface area contributed by atoms with Crippen LogP contribution in [-0.4, -0.2) is 38.0 Å². The Balaban J connectivity index is 2.42. The van der Waals surface area contributed by atoms with Gasteiger partial charge in [0.25, 0.3) is 0 Å². The molecule has 0 spiro atoms. The van der Waals surface area contributed by atoms with Crippen LogP contribution in [0.15, 0.2) is 23.1 Å². The topological polar surface area (TPSA) is 46.6 Å². The molecule has 0 bridgehead atoms. The van der Waals surface area contributed by atoms with Crippen molar-refractivity contribution in [1.82, 2.24) is 4.31 Å². The summed E-state index contributed by atoms with van der Waals surface area (Å²) in [6.07, 6.45) is -0.623. The molecule has 1 saturated heterocycles. The summed E-state index contributed by atoms with van der Waals surface area (Å²) in [5, 5.41) is 0. The van der Waals surface area contributed by atoms with Crippen LogP contribution in [0.3, 0.4) is 0 Å². The predicted molar refractivity (Wildman–Crippen MR) is 65.1 cm³/mol. The maximum absolute atomic E-state index is 13.6. The third-order valence-corrected chi connectivity index (χ3v) is 4.79. The van der Waals surface area contributed by atoms with Gasteiger partial charge in [-0.05, 0) is 26.0 Å². The normalized spacial score (nSPS) is 25.5. The zero-order valence-corrected chi connectivity index (χ0v) is 11.5. The van der Waals surface area contributed by atoms with E-state index in [1.54, 1.807) is 13.8 Å². The number of ether oxygens (including phenoxy) is 1. The van der Waals surface area contributed by atoms with Crippen molar-refractivity contribution in [2.45, 2.75) is 31.0 Å². The summed E-state index contributed by atoms with van der Waals surface area (Å²) < 4.78 is 58.3. The van der Waals surface area contributed by atoms with Crippen LogP contribution in [0.2, 0.25) is 0 Å². The van der Waals surface area contributed by atoms with E-state index in [1.807, 2.05) is 0 Å². The molecular weight excluding hydrogens is 276 g/mol. The maximum Gasteiger partial charge on any atom is 0.249 e. The van der Waals surface area contributed by atoms with E-state index in [0.717, 1.165) is 22.5 Å². The fourth-order valence-electron chi connectivity index (χ4n) is 2.19. The molecule has 2 rings (SSSR count). The quantitative estimate of drug-likeness (QED) is 0.834. The zero-order valence-electron chi connectivity index (χ0n) is 10.6. The van der Waals surface area contributed by atoms with Crippen molar-refractivity contribution in [2.75, 3.05) is 13.1 Å². The van der Waals surface area contributed by atoms with Crippen molar-refractivity contribution in [3.05, 3.63) is 29.8 Å². The Hall–Kier alpha value is -1.05. The standard InChI is InChI=1S/C12H15F2NO3S/c1-8-6-15(7-9(2)18-8)19(16,17)12-10(13)4-3-5-11(12)14/h3-5,8-9H,6-7H2,1-2H3/t8-,9-/m0/s1. The SMILES string of the molecule is C[C@H]1CN(S(=O)(=O)c2c(F)cccc2F)C[C@H](C)O1. The second-order valence-corrected chi connectivity index (χ2v) is 6.50. The number of sulfonamides is 1. The second-order valence-electron chi connectivity index (χ2n) is 4.63. The Kier molecular flexibility index (Phi) is 3.89. The lowest BCUT2D eigenvalue weighted by atomic mass is 10.3. The van der Waals surface area contributed by atoms with Crippen molar-refractivity contribution in [3.8, 4) is 0 Å². The van der Waals surface area contributed by atoms with E-state index < -0.39 is 26.6 Å². The molecule has 0 amide bonds. The molecule has 0 aliphatic carbocycles. The molecule has 1 aromatic carbocycles. The molecule has 0 unspecified atom stereocenters. The number of morpholine rings is 1. The van der Waals surface area contributed by atoms with Crippen LogP contribution in [0.5, 0.6) is 0 Å². The van der Waals surface area contributed by atoms with Crippen LogP contribution in [0.4, 0.5) is 8.78 Å². The Bertz CT molecular complexity index is 546. The molecule has 0 saturated carbocycles. The van der Waals surface area contributed by atoms with Gasteiger partial charge in [-0.15, -0.1) is 0 Å². The lowest BCUT2D eigenvalue weighted by Gasteiger charge is -2.34. The lowest BCUT2D eigenvalue weighted by molar-refractivity contribution is -0.0441. The summed E-state index contributed by atoms with van der Waals surface area (Å²) in [7, 11) is -4.19. The van der Waals surface area contributed by atoms with Gasteiger partial charge >= 0.3 is 0 Å². The Labute approximate surface area is 111 Å². The van der Waals surface area contributed by atoms with Gasteiger partial charge in [0.1, 0.15) is 11.6 Å². The van der Waals surface area contributed by atoms with Gasteiger partial charge in [-0.25, -0.2) is 17.2 Å². The minimum absolute atomic E-state index is 0.0838. The van der Waals surface area contributed by atoms with Crippen LogP contribution in [0.25, 0.3) is 0 Å². The Morgan fingerprint density at radius 3 is 2.11 bits per heavy atom. The minimum atomic E-state index is -4.19. The molecule has 106 valence electrons. The van der Waals surface area contributed by atoms with E-state index in [4.69, 9.17) is 4.74 Å². The van der Waals surface area contributed by atoms with E-state index in [0.29, 0.717) is 0 Å². The molecule has 1 aromatic rings. The zero-order chi connectivity index (χ0) is 14.2. The molecular formula is C12H15F2NO3S. The van der Waals surface area contributed by atoms with Gasteiger partial charge in [0.05, 0.1) is 12.2 Å². The molecule has 0 aromatic heterocycles. The van der Waals surface area contributed by atoms with E-state index in [9.17, 15) is 17.2 Å². The third kappa shape index (κ3) is 2.77. The highest BCUT2D eigenvalue weighted by atomic mass is 32.2. The fraction of sp³-hybridized carbons (Fsp3) is 0.500. The maximum atomic E-state index is 13.6. The van der Waals surface area contributed by atoms with E-state index >= 15 is 0 Å². The van der Waals surface area contributed by atoms with Gasteiger partial charge < -0.3 is 4.74 Å². The molecule has 0 radical (unpaired) electrons. The van der Waals surface area contributed by atoms with Gasteiger partial charge in [0.15, 0.2) is 4.90 Å². The fourth-order valence-corrected chi connectivity index (χ4v) is 3.88. The lowest BCUT2D eigenvalue weighted by Crippen LogP contribution is -2.48. The summed E-state index contributed by atoms with van der Waals surface area (Å²) >= 11 is 0. The smallest absolute Gasteiger partial charge is 0.249 e. The van der Waals surface area contributed by atoms with Crippen molar-refractivity contribution in [1.29, 1.82) is 0 Å². The first-order chi connectivity index (χ1) is 8.82. The number of rotatable bonds is 2. The Morgan fingerprint density at radius 1 is 1.16 bits per heavy atom. The highest BCUT2D eigenvalue weighted by molar-refractivity contribution is 7.89. The molecule has 1 heterocycles. The van der Waals surface area contributed by atoms with Crippen LogP contribution < -0.4 is 0 Å². The first-order valence-electron chi connectivity index (χ1n) is 5.92. The summed E-state index contributed by atoms with van der Waals surface area (Å²) in [4.78, 5) is -0.892. The minimum Gasteiger partial charge on any atom is -0.373 e. The second kappa shape index (κ2) is 5.15. The molecule has 19 heavy (non-hydrogen) atoms. The average Bonchev–Trinajstić information content (AvgIpc) is 2.26. The highest BCUT2D eigenvalue weighted by Gasteiger charge is 2.35. The number of halogens is 2. The monoisotopic (exact) mass is 291 g/mol. The van der Waals surface area contributed by atoms with Crippen LogP contribution in [-0.2, 0) is 14.8 Å². The molecule has 1 aliphatic rings.